The van der Waals surface area contributed by atoms with Crippen molar-refractivity contribution in [3.05, 3.63) is 47.5 Å². The molecule has 0 radical (unpaired) electrons. The summed E-state index contributed by atoms with van der Waals surface area (Å²) in [5.41, 5.74) is 8.76. The molecule has 1 aromatic heterocycles. The van der Waals surface area contributed by atoms with Gasteiger partial charge in [0.25, 0.3) is 0 Å². The molecule has 3 nitrogen and oxygen atoms in total. The first-order valence-electron chi connectivity index (χ1n) is 6.11. The molecule has 0 spiro atoms. The smallest absolute Gasteiger partial charge is 0.159 e. The molecule has 1 aliphatic rings. The molecule has 0 bridgehead atoms. The van der Waals surface area contributed by atoms with Crippen LogP contribution in [0.4, 0.5) is 4.39 Å². The van der Waals surface area contributed by atoms with Crippen LogP contribution in [0.25, 0.3) is 11.4 Å². The summed E-state index contributed by atoms with van der Waals surface area (Å²) in [6.07, 6.45) is 4.74. The third-order valence-corrected chi connectivity index (χ3v) is 3.31. The fourth-order valence-corrected chi connectivity index (χ4v) is 2.35. The van der Waals surface area contributed by atoms with Crippen LogP contribution in [-0.4, -0.2) is 9.97 Å². The molecule has 0 amide bonds. The van der Waals surface area contributed by atoms with Gasteiger partial charge >= 0.3 is 0 Å². The van der Waals surface area contributed by atoms with Crippen molar-refractivity contribution in [2.45, 2.75) is 25.3 Å². The summed E-state index contributed by atoms with van der Waals surface area (Å²) < 4.78 is 13.2. The van der Waals surface area contributed by atoms with Crippen molar-refractivity contribution in [2.24, 2.45) is 5.73 Å². The standard InChI is InChI=1S/C14H14FN3/c15-10-4-1-3-9(7-10)14-17-8-11-12(16)5-2-6-13(11)18-14/h1,3-4,7-8,12H,2,5-6,16H2. The fraction of sp³-hybridized carbons (Fsp3) is 0.286. The molecule has 1 unspecified atom stereocenters. The number of nitrogens with zero attached hydrogens (tertiary/aromatic N) is 2. The van der Waals surface area contributed by atoms with Gasteiger partial charge in [0.2, 0.25) is 0 Å². The Hall–Kier alpha value is -1.81. The van der Waals surface area contributed by atoms with Gasteiger partial charge in [0.15, 0.2) is 5.82 Å². The van der Waals surface area contributed by atoms with Crippen molar-refractivity contribution in [3.63, 3.8) is 0 Å². The topological polar surface area (TPSA) is 51.8 Å². The van der Waals surface area contributed by atoms with Crippen molar-refractivity contribution >= 4 is 0 Å². The molecule has 0 saturated carbocycles. The number of benzene rings is 1. The van der Waals surface area contributed by atoms with Crippen LogP contribution in [-0.2, 0) is 6.42 Å². The molecule has 18 heavy (non-hydrogen) atoms. The van der Waals surface area contributed by atoms with E-state index in [-0.39, 0.29) is 11.9 Å². The second-order valence-corrected chi connectivity index (χ2v) is 4.60. The quantitative estimate of drug-likeness (QED) is 0.837. The molecule has 92 valence electrons. The van der Waals surface area contributed by atoms with E-state index < -0.39 is 0 Å². The summed E-state index contributed by atoms with van der Waals surface area (Å²) in [6, 6.07) is 6.38. The van der Waals surface area contributed by atoms with Gasteiger partial charge < -0.3 is 5.73 Å². The summed E-state index contributed by atoms with van der Waals surface area (Å²) in [7, 11) is 0. The van der Waals surface area contributed by atoms with Gasteiger partial charge in [0.05, 0.1) is 0 Å². The number of nitrogens with two attached hydrogens (primary N) is 1. The highest BCUT2D eigenvalue weighted by atomic mass is 19.1. The number of fused-ring (bicyclic) bond motifs is 1. The van der Waals surface area contributed by atoms with Gasteiger partial charge in [-0.2, -0.15) is 0 Å². The summed E-state index contributed by atoms with van der Waals surface area (Å²) in [6.45, 7) is 0. The zero-order chi connectivity index (χ0) is 12.5. The zero-order valence-corrected chi connectivity index (χ0v) is 9.94. The monoisotopic (exact) mass is 243 g/mol. The van der Waals surface area contributed by atoms with Crippen molar-refractivity contribution in [1.29, 1.82) is 0 Å². The van der Waals surface area contributed by atoms with Crippen molar-refractivity contribution in [2.75, 3.05) is 0 Å². The predicted molar refractivity (Wildman–Crippen MR) is 67.3 cm³/mol. The maximum Gasteiger partial charge on any atom is 0.159 e. The minimum Gasteiger partial charge on any atom is -0.324 e. The summed E-state index contributed by atoms with van der Waals surface area (Å²) in [5, 5.41) is 0. The highest BCUT2D eigenvalue weighted by molar-refractivity contribution is 5.55. The van der Waals surface area contributed by atoms with Crippen molar-refractivity contribution < 1.29 is 4.39 Å². The van der Waals surface area contributed by atoms with E-state index >= 15 is 0 Å². The highest BCUT2D eigenvalue weighted by Gasteiger charge is 2.19. The lowest BCUT2D eigenvalue weighted by Crippen LogP contribution is -2.19. The molecule has 4 heteroatoms. The minimum absolute atomic E-state index is 0.0373. The Balaban J connectivity index is 2.04. The third-order valence-electron chi connectivity index (χ3n) is 3.31. The number of aryl methyl sites for hydroxylation is 1. The van der Waals surface area contributed by atoms with E-state index in [2.05, 4.69) is 9.97 Å². The Kier molecular flexibility index (Phi) is 2.80. The second-order valence-electron chi connectivity index (χ2n) is 4.60. The van der Waals surface area contributed by atoms with E-state index in [1.165, 1.54) is 12.1 Å². The van der Waals surface area contributed by atoms with Crippen LogP contribution in [0.5, 0.6) is 0 Å². The predicted octanol–water partition coefficient (Wildman–Crippen LogP) is 2.62. The Morgan fingerprint density at radius 2 is 2.22 bits per heavy atom. The number of rotatable bonds is 1. The van der Waals surface area contributed by atoms with Crippen molar-refractivity contribution in [3.8, 4) is 11.4 Å². The van der Waals surface area contributed by atoms with Gasteiger partial charge in [-0.3, -0.25) is 0 Å². The van der Waals surface area contributed by atoms with Crippen LogP contribution in [0.2, 0.25) is 0 Å². The average Bonchev–Trinajstić information content (AvgIpc) is 2.39. The Morgan fingerprint density at radius 1 is 1.33 bits per heavy atom. The lowest BCUT2D eigenvalue weighted by molar-refractivity contribution is 0.557. The molecule has 1 atom stereocenters. The van der Waals surface area contributed by atoms with Crippen LogP contribution in [0.3, 0.4) is 0 Å². The molecule has 2 aromatic rings. The van der Waals surface area contributed by atoms with Crippen LogP contribution < -0.4 is 5.73 Å². The SMILES string of the molecule is NC1CCCc2nc(-c3cccc(F)c3)ncc21. The summed E-state index contributed by atoms with van der Waals surface area (Å²) >= 11 is 0. The maximum atomic E-state index is 13.2. The Labute approximate surface area is 105 Å². The van der Waals surface area contributed by atoms with Gasteiger partial charge in [-0.1, -0.05) is 12.1 Å². The molecule has 2 N–H and O–H groups in total. The maximum absolute atomic E-state index is 13.2. The first-order valence-corrected chi connectivity index (χ1v) is 6.11. The molecule has 3 rings (SSSR count). The van der Waals surface area contributed by atoms with E-state index in [9.17, 15) is 4.39 Å². The number of hydrogen-bond donors (Lipinski definition) is 1. The fourth-order valence-electron chi connectivity index (χ4n) is 2.35. The van der Waals surface area contributed by atoms with E-state index in [1.807, 2.05) is 6.07 Å². The average molecular weight is 243 g/mol. The molecular weight excluding hydrogens is 229 g/mol. The van der Waals surface area contributed by atoms with Crippen LogP contribution in [0.15, 0.2) is 30.5 Å². The van der Waals surface area contributed by atoms with Crippen LogP contribution in [0.1, 0.15) is 30.1 Å². The molecule has 0 fully saturated rings. The van der Waals surface area contributed by atoms with E-state index in [1.54, 1.807) is 12.3 Å². The zero-order valence-electron chi connectivity index (χ0n) is 9.94. The van der Waals surface area contributed by atoms with E-state index in [0.29, 0.717) is 11.4 Å². The first kappa shape index (κ1) is 11.3. The summed E-state index contributed by atoms with van der Waals surface area (Å²) in [5.74, 6) is 0.299. The molecule has 1 aromatic carbocycles. The number of halogens is 1. The third kappa shape index (κ3) is 1.99. The van der Waals surface area contributed by atoms with Crippen LogP contribution in [0, 0.1) is 5.82 Å². The highest BCUT2D eigenvalue weighted by Crippen LogP contribution is 2.27. The molecular formula is C14H14FN3. The molecule has 1 heterocycles. The van der Waals surface area contributed by atoms with E-state index in [0.717, 1.165) is 30.5 Å². The largest absolute Gasteiger partial charge is 0.324 e. The lowest BCUT2D eigenvalue weighted by Gasteiger charge is -2.21. The van der Waals surface area contributed by atoms with Gasteiger partial charge in [0.1, 0.15) is 5.82 Å². The van der Waals surface area contributed by atoms with Gasteiger partial charge in [-0.05, 0) is 31.4 Å². The summed E-state index contributed by atoms with van der Waals surface area (Å²) in [4.78, 5) is 8.81. The molecule has 1 aliphatic carbocycles. The van der Waals surface area contributed by atoms with Gasteiger partial charge in [-0.15, -0.1) is 0 Å². The van der Waals surface area contributed by atoms with Crippen molar-refractivity contribution in [1.82, 2.24) is 9.97 Å². The second kappa shape index (κ2) is 4.46. The first-order chi connectivity index (χ1) is 8.74. The van der Waals surface area contributed by atoms with Gasteiger partial charge in [0, 0.05) is 29.1 Å². The number of hydrogen-bond acceptors (Lipinski definition) is 3. The molecule has 0 saturated heterocycles. The van der Waals surface area contributed by atoms with E-state index in [4.69, 9.17) is 5.73 Å². The Morgan fingerprint density at radius 3 is 3.06 bits per heavy atom. The van der Waals surface area contributed by atoms with Crippen LogP contribution >= 0.6 is 0 Å². The molecule has 0 aliphatic heterocycles. The number of aromatic nitrogens is 2. The minimum atomic E-state index is -0.273. The van der Waals surface area contributed by atoms with Gasteiger partial charge in [-0.25, -0.2) is 14.4 Å². The lowest BCUT2D eigenvalue weighted by atomic mass is 9.93. The Bertz CT molecular complexity index is 583. The normalized spacial score (nSPS) is 18.4.